The molecule has 3 rings (SSSR count). The molecule has 2 saturated heterocycles. The molecule has 2 unspecified atom stereocenters. The number of thiophene rings is 1. The van der Waals surface area contributed by atoms with Crippen molar-refractivity contribution < 1.29 is 14.3 Å². The van der Waals surface area contributed by atoms with Gasteiger partial charge >= 0.3 is 0 Å². The minimum absolute atomic E-state index is 0.0304. The third-order valence-electron chi connectivity index (χ3n) is 4.82. The zero-order valence-corrected chi connectivity index (χ0v) is 15.7. The van der Waals surface area contributed by atoms with Crippen molar-refractivity contribution in [3.63, 3.8) is 0 Å². The Bertz CT molecular complexity index is 611. The Kier molecular flexibility index (Phi) is 5.91. The van der Waals surface area contributed by atoms with E-state index in [1.807, 2.05) is 47.2 Å². The van der Waals surface area contributed by atoms with E-state index < -0.39 is 0 Å². The first-order valence-corrected chi connectivity index (χ1v) is 9.85. The molecule has 2 aliphatic heterocycles. The molecular weight excluding hydrogens is 336 g/mol. The minimum atomic E-state index is 0.0304. The molecule has 0 aromatic carbocycles. The zero-order chi connectivity index (χ0) is 17.8. The maximum absolute atomic E-state index is 12.8. The van der Waals surface area contributed by atoms with Gasteiger partial charge in [-0.2, -0.15) is 0 Å². The first kappa shape index (κ1) is 18.1. The first-order chi connectivity index (χ1) is 12.0. The number of nitrogens with zero attached hydrogens (tertiary/aromatic N) is 2. The topological polar surface area (TPSA) is 49.9 Å². The van der Waals surface area contributed by atoms with Crippen molar-refractivity contribution in [3.8, 4) is 0 Å². The van der Waals surface area contributed by atoms with Crippen LogP contribution in [0.1, 0.15) is 31.6 Å². The average molecular weight is 362 g/mol. The van der Waals surface area contributed by atoms with Crippen LogP contribution in [-0.2, 0) is 14.3 Å². The van der Waals surface area contributed by atoms with E-state index in [0.29, 0.717) is 26.2 Å². The monoisotopic (exact) mass is 362 g/mol. The molecule has 2 atom stereocenters. The van der Waals surface area contributed by atoms with Gasteiger partial charge in [0.05, 0.1) is 12.2 Å². The molecule has 136 valence electrons. The van der Waals surface area contributed by atoms with Crippen molar-refractivity contribution in [2.24, 2.45) is 5.92 Å². The maximum Gasteiger partial charge on any atom is 0.246 e. The molecule has 3 heterocycles. The quantitative estimate of drug-likeness (QED) is 0.777. The Labute approximate surface area is 153 Å². The van der Waals surface area contributed by atoms with Crippen LogP contribution in [0, 0.1) is 5.92 Å². The lowest BCUT2D eigenvalue weighted by atomic mass is 9.94. The van der Waals surface area contributed by atoms with Gasteiger partial charge in [-0.3, -0.25) is 9.59 Å². The normalized spacial score (nSPS) is 25.5. The summed E-state index contributed by atoms with van der Waals surface area (Å²) in [5, 5.41) is 1.99. The van der Waals surface area contributed by atoms with Gasteiger partial charge < -0.3 is 14.5 Å². The van der Waals surface area contributed by atoms with Gasteiger partial charge in [0, 0.05) is 43.1 Å². The Morgan fingerprint density at radius 2 is 1.84 bits per heavy atom. The smallest absolute Gasteiger partial charge is 0.246 e. The molecule has 2 aliphatic rings. The number of amides is 2. The molecular formula is C19H26N2O3S. The number of likely N-dealkylation sites (tertiary alicyclic amines) is 1. The Balaban J connectivity index is 1.49. The highest BCUT2D eigenvalue weighted by molar-refractivity contribution is 7.10. The molecule has 5 nitrogen and oxygen atoms in total. The van der Waals surface area contributed by atoms with Crippen molar-refractivity contribution >= 4 is 29.2 Å². The number of carbonyl (C=O) groups excluding carboxylic acids is 2. The molecule has 1 aromatic heterocycles. The summed E-state index contributed by atoms with van der Waals surface area (Å²) >= 11 is 1.61. The molecule has 6 heteroatoms. The molecule has 0 aliphatic carbocycles. The highest BCUT2D eigenvalue weighted by Gasteiger charge is 2.33. The van der Waals surface area contributed by atoms with Crippen molar-refractivity contribution in [1.29, 1.82) is 0 Å². The molecule has 0 N–H and O–H groups in total. The first-order valence-electron chi connectivity index (χ1n) is 8.97. The predicted octanol–water partition coefficient (Wildman–Crippen LogP) is 2.64. The highest BCUT2D eigenvalue weighted by Crippen LogP contribution is 2.22. The number of hydrogen-bond donors (Lipinski definition) is 0. The molecule has 0 spiro atoms. The largest absolute Gasteiger partial charge is 0.372 e. The van der Waals surface area contributed by atoms with E-state index in [2.05, 4.69) is 0 Å². The number of piperidine rings is 1. The van der Waals surface area contributed by atoms with Crippen LogP contribution in [0.5, 0.6) is 0 Å². The standard InChI is InChI=1S/C19H26N2O3S/c1-14-12-21(13-15(2)24-14)19(23)16-7-9-20(10-8-16)18(22)6-5-17-4-3-11-25-17/h3-6,11,14-16H,7-10,12-13H2,1-2H3/b6-5+. The average Bonchev–Trinajstić information content (AvgIpc) is 3.12. The van der Waals surface area contributed by atoms with E-state index in [1.165, 1.54) is 0 Å². The summed E-state index contributed by atoms with van der Waals surface area (Å²) in [7, 11) is 0. The van der Waals surface area contributed by atoms with E-state index in [1.54, 1.807) is 17.4 Å². The lowest BCUT2D eigenvalue weighted by molar-refractivity contribution is -0.149. The Morgan fingerprint density at radius 3 is 2.44 bits per heavy atom. The molecule has 0 bridgehead atoms. The van der Waals surface area contributed by atoms with Crippen molar-refractivity contribution in [2.75, 3.05) is 26.2 Å². The zero-order valence-electron chi connectivity index (χ0n) is 14.9. The van der Waals surface area contributed by atoms with E-state index in [9.17, 15) is 9.59 Å². The van der Waals surface area contributed by atoms with E-state index in [-0.39, 0.29) is 29.9 Å². The van der Waals surface area contributed by atoms with Gasteiger partial charge in [0.15, 0.2) is 0 Å². The van der Waals surface area contributed by atoms with Gasteiger partial charge in [-0.1, -0.05) is 6.07 Å². The van der Waals surface area contributed by atoms with Crippen molar-refractivity contribution in [1.82, 2.24) is 9.80 Å². The third-order valence-corrected chi connectivity index (χ3v) is 5.66. The summed E-state index contributed by atoms with van der Waals surface area (Å²) in [6, 6.07) is 3.96. The molecule has 1 aromatic rings. The van der Waals surface area contributed by atoms with Crippen LogP contribution in [0.25, 0.3) is 6.08 Å². The van der Waals surface area contributed by atoms with Crippen LogP contribution >= 0.6 is 11.3 Å². The lowest BCUT2D eigenvalue weighted by Gasteiger charge is -2.39. The molecule has 0 radical (unpaired) electrons. The number of carbonyl (C=O) groups is 2. The third kappa shape index (κ3) is 4.70. The fraction of sp³-hybridized carbons (Fsp3) is 0.579. The van der Waals surface area contributed by atoms with Crippen LogP contribution in [0.15, 0.2) is 23.6 Å². The van der Waals surface area contributed by atoms with Gasteiger partial charge in [-0.25, -0.2) is 0 Å². The number of hydrogen-bond acceptors (Lipinski definition) is 4. The van der Waals surface area contributed by atoms with Crippen LogP contribution in [0.3, 0.4) is 0 Å². The van der Waals surface area contributed by atoms with Crippen LogP contribution in [0.4, 0.5) is 0 Å². The second-order valence-electron chi connectivity index (χ2n) is 6.95. The molecule has 2 fully saturated rings. The van der Waals surface area contributed by atoms with Crippen molar-refractivity contribution in [2.45, 2.75) is 38.9 Å². The van der Waals surface area contributed by atoms with Gasteiger partial charge in [0.25, 0.3) is 0 Å². The van der Waals surface area contributed by atoms with E-state index in [0.717, 1.165) is 17.7 Å². The minimum Gasteiger partial charge on any atom is -0.372 e. The molecule has 25 heavy (non-hydrogen) atoms. The fourth-order valence-corrected chi connectivity index (χ4v) is 4.23. The Morgan fingerprint density at radius 1 is 1.16 bits per heavy atom. The molecule has 0 saturated carbocycles. The van der Waals surface area contributed by atoms with E-state index >= 15 is 0 Å². The molecule has 2 amide bonds. The summed E-state index contributed by atoms with van der Waals surface area (Å²) in [6.45, 7) is 6.67. The van der Waals surface area contributed by atoms with Gasteiger partial charge in [0.1, 0.15) is 0 Å². The fourth-order valence-electron chi connectivity index (χ4n) is 3.61. The van der Waals surface area contributed by atoms with Gasteiger partial charge in [-0.05, 0) is 44.2 Å². The van der Waals surface area contributed by atoms with Crippen LogP contribution < -0.4 is 0 Å². The highest BCUT2D eigenvalue weighted by atomic mass is 32.1. The summed E-state index contributed by atoms with van der Waals surface area (Å²) in [6.07, 6.45) is 5.18. The van der Waals surface area contributed by atoms with Crippen molar-refractivity contribution in [3.05, 3.63) is 28.5 Å². The van der Waals surface area contributed by atoms with Crippen LogP contribution in [-0.4, -0.2) is 60.0 Å². The maximum atomic E-state index is 12.8. The SMILES string of the molecule is CC1CN(C(=O)C2CCN(C(=O)/C=C/c3cccs3)CC2)CC(C)O1. The second-order valence-corrected chi connectivity index (χ2v) is 7.93. The van der Waals surface area contributed by atoms with Crippen LogP contribution in [0.2, 0.25) is 0 Å². The number of morpholine rings is 1. The van der Waals surface area contributed by atoms with Gasteiger partial charge in [-0.15, -0.1) is 11.3 Å². The van der Waals surface area contributed by atoms with E-state index in [4.69, 9.17) is 4.74 Å². The second kappa shape index (κ2) is 8.15. The predicted molar refractivity (Wildman–Crippen MR) is 99.2 cm³/mol. The van der Waals surface area contributed by atoms with Gasteiger partial charge in [0.2, 0.25) is 11.8 Å². The summed E-state index contributed by atoms with van der Waals surface area (Å²) in [4.78, 5) is 29.9. The summed E-state index contributed by atoms with van der Waals surface area (Å²) in [5.41, 5.74) is 0. The summed E-state index contributed by atoms with van der Waals surface area (Å²) in [5.74, 6) is 0.291. The lowest BCUT2D eigenvalue weighted by Crippen LogP contribution is -2.51. The number of ether oxygens (including phenoxy) is 1. The summed E-state index contributed by atoms with van der Waals surface area (Å²) < 4.78 is 5.71. The number of rotatable bonds is 3. The Hall–Kier alpha value is -1.66.